The zero-order valence-electron chi connectivity index (χ0n) is 17.2. The molecule has 174 valence electrons. The van der Waals surface area contributed by atoms with Gasteiger partial charge in [0.1, 0.15) is 30.5 Å². The molecule has 6 atom stereocenters. The summed E-state index contributed by atoms with van der Waals surface area (Å²) in [5.41, 5.74) is 0.681. The number of nitrogens with one attached hydrogen (secondary N) is 1. The van der Waals surface area contributed by atoms with Crippen molar-refractivity contribution in [1.29, 1.82) is 0 Å². The molecule has 3 rings (SSSR count). The minimum atomic E-state index is -4.04. The van der Waals surface area contributed by atoms with Gasteiger partial charge >= 0.3 is 0 Å². The second-order valence-electron chi connectivity index (χ2n) is 7.36. The molecule has 1 aromatic carbocycles. The molecule has 2 fully saturated rings. The lowest BCUT2D eigenvalue weighted by molar-refractivity contribution is -0.320. The zero-order valence-corrected chi connectivity index (χ0v) is 18.8. The van der Waals surface area contributed by atoms with Gasteiger partial charge in [-0.25, -0.2) is 0 Å². The Hall–Kier alpha value is -1.61. The minimum Gasteiger partial charge on any atom is -0.365 e. The molecule has 2 aliphatic rings. The molecule has 0 radical (unpaired) electrons. The third-order valence-corrected chi connectivity index (χ3v) is 5.76. The lowest BCUT2D eigenvalue weighted by Gasteiger charge is -2.48. The summed E-state index contributed by atoms with van der Waals surface area (Å²) < 4.78 is 75.8. The summed E-state index contributed by atoms with van der Waals surface area (Å²) in [6.07, 6.45) is -4.78. The van der Waals surface area contributed by atoms with E-state index in [9.17, 15) is 21.6 Å². The molecule has 11 nitrogen and oxygen atoms in total. The number of rotatable bonds is 7. The van der Waals surface area contributed by atoms with Gasteiger partial charge in [0.15, 0.2) is 6.29 Å². The molecule has 2 heterocycles. The third-order valence-electron chi connectivity index (χ3n) is 4.62. The van der Waals surface area contributed by atoms with Crippen molar-refractivity contribution >= 4 is 26.1 Å². The summed E-state index contributed by atoms with van der Waals surface area (Å²) in [7, 11) is -8.08. The average molecular weight is 480 g/mol. The molecule has 0 saturated carbocycles. The van der Waals surface area contributed by atoms with Crippen LogP contribution >= 0.6 is 0 Å². The number of carbonyl (C=O) groups is 1. The lowest BCUT2D eigenvalue weighted by atomic mass is 9.94. The molecule has 13 heteroatoms. The lowest BCUT2D eigenvalue weighted by Crippen LogP contribution is -2.65. The fraction of sp³-hybridized carbons (Fsp3) is 0.611. The first-order chi connectivity index (χ1) is 14.4. The topological polar surface area (TPSA) is 144 Å². The molecule has 1 aromatic rings. The van der Waals surface area contributed by atoms with Gasteiger partial charge in [-0.05, 0) is 0 Å². The van der Waals surface area contributed by atoms with Crippen molar-refractivity contribution in [3.05, 3.63) is 35.9 Å². The van der Waals surface area contributed by atoms with Gasteiger partial charge in [-0.15, -0.1) is 0 Å². The molecule has 1 unspecified atom stereocenters. The number of hydrogen-bond donors (Lipinski definition) is 1. The molecule has 2 aliphatic heterocycles. The average Bonchev–Trinajstić information content (AvgIpc) is 2.66. The van der Waals surface area contributed by atoms with Crippen molar-refractivity contribution in [3.63, 3.8) is 0 Å². The molecule has 2 saturated heterocycles. The van der Waals surface area contributed by atoms with E-state index in [0.717, 1.165) is 12.5 Å². The number of amides is 1. The van der Waals surface area contributed by atoms with E-state index in [-0.39, 0.29) is 19.1 Å². The predicted octanol–water partition coefficient (Wildman–Crippen LogP) is -0.306. The summed E-state index contributed by atoms with van der Waals surface area (Å²) in [5, 5.41) is 2.52. The van der Waals surface area contributed by atoms with E-state index in [1.807, 2.05) is 6.07 Å². The number of hydrogen-bond acceptors (Lipinski definition) is 10. The van der Waals surface area contributed by atoms with E-state index < -0.39 is 57.0 Å². The summed E-state index contributed by atoms with van der Waals surface area (Å²) in [4.78, 5) is 11.4. The summed E-state index contributed by atoms with van der Waals surface area (Å²) in [5.74, 6) is -0.385. The van der Waals surface area contributed by atoms with Crippen LogP contribution in [0.3, 0.4) is 0 Å². The van der Waals surface area contributed by atoms with Crippen LogP contribution in [0.25, 0.3) is 0 Å². The first-order valence-electron chi connectivity index (χ1n) is 9.41. The van der Waals surface area contributed by atoms with Crippen LogP contribution in [0.4, 0.5) is 0 Å². The molecule has 0 aliphatic carbocycles. The maximum atomic E-state index is 12.0. The second kappa shape index (κ2) is 9.48. The highest BCUT2D eigenvalue weighted by molar-refractivity contribution is 7.86. The van der Waals surface area contributed by atoms with E-state index in [2.05, 4.69) is 5.32 Å². The number of carbonyl (C=O) groups excluding carboxylic acids is 1. The first-order valence-corrected chi connectivity index (χ1v) is 13.0. The van der Waals surface area contributed by atoms with Crippen LogP contribution in [-0.2, 0) is 47.6 Å². The second-order valence-corrected chi connectivity index (χ2v) is 10.6. The van der Waals surface area contributed by atoms with Crippen LogP contribution in [0.2, 0.25) is 0 Å². The maximum absolute atomic E-state index is 12.0. The van der Waals surface area contributed by atoms with Gasteiger partial charge in [0.25, 0.3) is 20.2 Å². The monoisotopic (exact) mass is 479 g/mol. The molecule has 1 N–H and O–H groups in total. The number of fused-ring (bicyclic) bond motifs is 1. The van der Waals surface area contributed by atoms with Gasteiger partial charge in [-0.1, -0.05) is 30.3 Å². The van der Waals surface area contributed by atoms with Crippen molar-refractivity contribution in [2.24, 2.45) is 0 Å². The minimum absolute atomic E-state index is 0.0238. The Bertz CT molecular complexity index is 982. The van der Waals surface area contributed by atoms with Gasteiger partial charge in [0, 0.05) is 19.0 Å². The van der Waals surface area contributed by atoms with Gasteiger partial charge in [-0.2, -0.15) is 16.8 Å². The van der Waals surface area contributed by atoms with E-state index in [1.54, 1.807) is 24.3 Å². The van der Waals surface area contributed by atoms with E-state index in [0.29, 0.717) is 5.56 Å². The van der Waals surface area contributed by atoms with Crippen molar-refractivity contribution < 1.29 is 44.2 Å². The maximum Gasteiger partial charge on any atom is 0.264 e. The summed E-state index contributed by atoms with van der Waals surface area (Å²) in [6.45, 7) is 1.17. The van der Waals surface area contributed by atoms with Crippen molar-refractivity contribution in [1.82, 2.24) is 5.32 Å². The molecule has 0 bridgehead atoms. The molecule has 31 heavy (non-hydrogen) atoms. The Labute approximate surface area is 181 Å². The molecule has 0 aromatic heterocycles. The Morgan fingerprint density at radius 3 is 2.23 bits per heavy atom. The fourth-order valence-electron chi connectivity index (χ4n) is 3.48. The van der Waals surface area contributed by atoms with Crippen LogP contribution in [0.1, 0.15) is 18.8 Å². The fourth-order valence-corrected chi connectivity index (χ4v) is 4.74. The van der Waals surface area contributed by atoms with Gasteiger partial charge in [-0.3, -0.25) is 13.2 Å². The SMILES string of the molecule is CC(=O)NC[C@@H]1O[C@@H]2COC(c3ccccc3)O[C@H]2[C@H](OS(C)(=O)=O)[C@H]1OS(C)(=O)=O. The smallest absolute Gasteiger partial charge is 0.264 e. The van der Waals surface area contributed by atoms with Gasteiger partial charge in [0.2, 0.25) is 5.91 Å². The van der Waals surface area contributed by atoms with Gasteiger partial charge < -0.3 is 19.5 Å². The van der Waals surface area contributed by atoms with Crippen LogP contribution in [0, 0.1) is 0 Å². The van der Waals surface area contributed by atoms with E-state index >= 15 is 0 Å². The molecular formula is C18H25NO10S2. The summed E-state index contributed by atoms with van der Waals surface area (Å²) in [6, 6.07) is 8.93. The van der Waals surface area contributed by atoms with Crippen LogP contribution < -0.4 is 5.32 Å². The normalized spacial score (nSPS) is 31.6. The Balaban J connectivity index is 1.94. The third kappa shape index (κ3) is 6.68. The highest BCUT2D eigenvalue weighted by Crippen LogP contribution is 2.37. The highest BCUT2D eigenvalue weighted by Gasteiger charge is 2.53. The van der Waals surface area contributed by atoms with E-state index in [1.165, 1.54) is 6.92 Å². The zero-order chi connectivity index (χ0) is 22.8. The Morgan fingerprint density at radius 1 is 1.03 bits per heavy atom. The van der Waals surface area contributed by atoms with Crippen LogP contribution in [-0.4, -0.2) is 78.9 Å². The molecule has 0 spiro atoms. The number of benzene rings is 1. The van der Waals surface area contributed by atoms with Crippen LogP contribution in [0.15, 0.2) is 30.3 Å². The van der Waals surface area contributed by atoms with Crippen molar-refractivity contribution in [2.75, 3.05) is 25.7 Å². The van der Waals surface area contributed by atoms with Crippen molar-refractivity contribution in [3.8, 4) is 0 Å². The predicted molar refractivity (Wildman–Crippen MR) is 107 cm³/mol. The quantitative estimate of drug-likeness (QED) is 0.517. The first kappa shape index (κ1) is 24.0. The Kier molecular flexibility index (Phi) is 7.35. The molecule has 1 amide bonds. The summed E-state index contributed by atoms with van der Waals surface area (Å²) >= 11 is 0. The van der Waals surface area contributed by atoms with E-state index in [4.69, 9.17) is 22.6 Å². The van der Waals surface area contributed by atoms with Crippen molar-refractivity contribution in [2.45, 2.75) is 43.7 Å². The largest absolute Gasteiger partial charge is 0.365 e. The number of ether oxygens (including phenoxy) is 3. The van der Waals surface area contributed by atoms with Gasteiger partial charge in [0.05, 0.1) is 19.1 Å². The highest BCUT2D eigenvalue weighted by atomic mass is 32.2. The molecular weight excluding hydrogens is 454 g/mol. The van der Waals surface area contributed by atoms with Crippen LogP contribution in [0.5, 0.6) is 0 Å². The standard InChI is InChI=1S/C18H25NO10S2/c1-11(20)19-9-13-16(28-30(2,21)22)17(29-31(3,23)24)15-14(26-13)10-25-18(27-15)12-7-5-4-6-8-12/h4-8,13-18H,9-10H2,1-3H3,(H,19,20)/t13-,14+,15+,16-,17-,18?/m0/s1. The Morgan fingerprint density at radius 2 is 1.65 bits per heavy atom.